The van der Waals surface area contributed by atoms with Crippen LogP contribution < -0.4 is 0 Å². The van der Waals surface area contributed by atoms with Crippen LogP contribution in [0.15, 0.2) is 48.1 Å². The molecule has 0 aliphatic heterocycles. The van der Waals surface area contributed by atoms with Crippen molar-refractivity contribution in [2.24, 2.45) is 0 Å². The summed E-state index contributed by atoms with van der Waals surface area (Å²) in [6.45, 7) is 6.34. The van der Waals surface area contributed by atoms with Crippen molar-refractivity contribution in [3.8, 4) is 0 Å². The van der Waals surface area contributed by atoms with Crippen LogP contribution in [0.1, 0.15) is 78.6 Å². The minimum Gasteiger partial charge on any atom is -0.390 e. The molecule has 0 saturated carbocycles. The van der Waals surface area contributed by atoms with Crippen molar-refractivity contribution in [2.75, 3.05) is 0 Å². The van der Waals surface area contributed by atoms with Crippen molar-refractivity contribution in [3.63, 3.8) is 0 Å². The highest BCUT2D eigenvalue weighted by molar-refractivity contribution is 5.07. The molecule has 0 aliphatic rings. The van der Waals surface area contributed by atoms with E-state index >= 15 is 0 Å². The van der Waals surface area contributed by atoms with Crippen molar-refractivity contribution < 1.29 is 15.3 Å². The van der Waals surface area contributed by atoms with Gasteiger partial charge in [-0.2, -0.15) is 0 Å². The van der Waals surface area contributed by atoms with Crippen LogP contribution in [0, 0.1) is 0 Å². The summed E-state index contributed by atoms with van der Waals surface area (Å²) in [6, 6.07) is 0. The van der Waals surface area contributed by atoms with Gasteiger partial charge in [-0.15, -0.1) is 0 Å². The fourth-order valence-electron chi connectivity index (χ4n) is 2.57. The van der Waals surface area contributed by atoms with Gasteiger partial charge in [0.05, 0.1) is 18.3 Å². The van der Waals surface area contributed by atoms with Crippen LogP contribution >= 0.6 is 0 Å². The maximum atomic E-state index is 9.94. The highest BCUT2D eigenvalue weighted by Gasteiger charge is 2.11. The second-order valence-corrected chi connectivity index (χ2v) is 6.98. The fraction of sp³-hybridized carbons (Fsp3) is 0.652. The molecule has 0 bridgehead atoms. The van der Waals surface area contributed by atoms with Gasteiger partial charge in [-0.3, -0.25) is 0 Å². The second kappa shape index (κ2) is 17.3. The maximum Gasteiger partial charge on any atom is 0.0982 e. The minimum atomic E-state index is -0.796. The first kappa shape index (κ1) is 24.8. The summed E-state index contributed by atoms with van der Waals surface area (Å²) in [7, 11) is 0. The van der Waals surface area contributed by atoms with Crippen LogP contribution in [-0.2, 0) is 0 Å². The molecule has 0 aromatic carbocycles. The number of unbranched alkanes of at least 4 members (excludes halogenated alkanes) is 4. The van der Waals surface area contributed by atoms with Crippen molar-refractivity contribution in [3.05, 3.63) is 48.1 Å². The number of aliphatic hydroxyl groups is 3. The molecule has 0 aromatic rings. The zero-order valence-electron chi connectivity index (χ0n) is 17.0. The Kier molecular flexibility index (Phi) is 16.5. The third-order valence-corrected chi connectivity index (χ3v) is 4.22. The van der Waals surface area contributed by atoms with Gasteiger partial charge >= 0.3 is 0 Å². The lowest BCUT2D eigenvalue weighted by atomic mass is 10.1. The first-order chi connectivity index (χ1) is 12.5. The van der Waals surface area contributed by atoms with Crippen LogP contribution in [0.5, 0.6) is 0 Å². The number of hydrogen-bond donors (Lipinski definition) is 3. The van der Waals surface area contributed by atoms with Crippen LogP contribution in [0.25, 0.3) is 0 Å². The van der Waals surface area contributed by atoms with Crippen LogP contribution in [0.4, 0.5) is 0 Å². The van der Waals surface area contributed by atoms with Gasteiger partial charge in [-0.25, -0.2) is 0 Å². The van der Waals surface area contributed by atoms with E-state index in [1.165, 1.54) is 5.57 Å². The average molecular weight is 365 g/mol. The van der Waals surface area contributed by atoms with Gasteiger partial charge in [0, 0.05) is 0 Å². The third-order valence-electron chi connectivity index (χ3n) is 4.22. The number of rotatable bonds is 15. The summed E-state index contributed by atoms with van der Waals surface area (Å²) in [4.78, 5) is 0. The number of allylic oxidation sites excluding steroid dienone is 5. The fourth-order valence-corrected chi connectivity index (χ4v) is 2.57. The first-order valence-corrected chi connectivity index (χ1v) is 10.2. The molecule has 0 heterocycles. The molecule has 0 amide bonds. The van der Waals surface area contributed by atoms with E-state index in [1.54, 1.807) is 12.2 Å². The van der Waals surface area contributed by atoms with E-state index in [-0.39, 0.29) is 0 Å². The molecular weight excluding hydrogens is 324 g/mol. The summed E-state index contributed by atoms with van der Waals surface area (Å²) in [5.41, 5.74) is 1.24. The Morgan fingerprint density at radius 2 is 1.58 bits per heavy atom. The van der Waals surface area contributed by atoms with E-state index in [0.29, 0.717) is 12.8 Å². The normalized spacial score (nSPS) is 16.8. The Hall–Kier alpha value is -1.16. The molecule has 0 saturated heterocycles. The van der Waals surface area contributed by atoms with Crippen LogP contribution in [-0.4, -0.2) is 33.6 Å². The highest BCUT2D eigenvalue weighted by Crippen LogP contribution is 2.09. The molecule has 3 atom stereocenters. The minimum absolute atomic E-state index is 0.406. The van der Waals surface area contributed by atoms with E-state index in [1.807, 2.05) is 24.3 Å². The third kappa shape index (κ3) is 15.1. The van der Waals surface area contributed by atoms with E-state index in [0.717, 1.165) is 44.9 Å². The Balaban J connectivity index is 3.91. The van der Waals surface area contributed by atoms with Gasteiger partial charge in [-0.1, -0.05) is 87.6 Å². The molecule has 3 N–H and O–H groups in total. The number of hydrogen-bond acceptors (Lipinski definition) is 3. The average Bonchev–Trinajstić information content (AvgIpc) is 2.61. The summed E-state index contributed by atoms with van der Waals surface area (Å²) in [5.74, 6) is 0. The van der Waals surface area contributed by atoms with Crippen molar-refractivity contribution in [2.45, 2.75) is 96.9 Å². The quantitative estimate of drug-likeness (QED) is 0.212. The van der Waals surface area contributed by atoms with Gasteiger partial charge in [0.15, 0.2) is 0 Å². The van der Waals surface area contributed by atoms with E-state index < -0.39 is 18.3 Å². The predicted molar refractivity (Wildman–Crippen MR) is 112 cm³/mol. The summed E-state index contributed by atoms with van der Waals surface area (Å²) < 4.78 is 0. The standard InChI is InChI=1S/C23H40O3/c1-4-6-12-17-22(25)23(26)18-14-11-9-8-10-13-16-21(24)19-20(3)15-7-5-2/h9,11,13-16,18,21-26H,4-8,10,12,17,19H2,1-3H3/b11-9+,16-13+,18-14+,20-15-. The predicted octanol–water partition coefficient (Wildman–Crippen LogP) is 5.23. The molecular formula is C23H40O3. The molecule has 0 radical (unpaired) electrons. The molecule has 3 heteroatoms. The zero-order valence-corrected chi connectivity index (χ0v) is 17.0. The zero-order chi connectivity index (χ0) is 19.6. The Bertz CT molecular complexity index is 435. The summed E-state index contributed by atoms with van der Waals surface area (Å²) >= 11 is 0. The monoisotopic (exact) mass is 364 g/mol. The van der Waals surface area contributed by atoms with Crippen molar-refractivity contribution in [1.82, 2.24) is 0 Å². The Morgan fingerprint density at radius 1 is 0.846 bits per heavy atom. The topological polar surface area (TPSA) is 60.7 Å². The molecule has 3 unspecified atom stereocenters. The molecule has 0 fully saturated rings. The van der Waals surface area contributed by atoms with Gasteiger partial charge < -0.3 is 15.3 Å². The smallest absolute Gasteiger partial charge is 0.0982 e. The second-order valence-electron chi connectivity index (χ2n) is 6.98. The van der Waals surface area contributed by atoms with Crippen molar-refractivity contribution in [1.29, 1.82) is 0 Å². The van der Waals surface area contributed by atoms with E-state index in [2.05, 4.69) is 26.8 Å². The lowest BCUT2D eigenvalue weighted by molar-refractivity contribution is 0.0415. The first-order valence-electron chi connectivity index (χ1n) is 10.2. The van der Waals surface area contributed by atoms with Crippen LogP contribution in [0.3, 0.4) is 0 Å². The SMILES string of the molecule is CCC/C=C(/C)CC(O)/C=C/CC/C=C/C=C/C(O)C(O)CCCCC. The molecule has 0 rings (SSSR count). The maximum absolute atomic E-state index is 9.94. The van der Waals surface area contributed by atoms with Crippen molar-refractivity contribution >= 4 is 0 Å². The molecule has 3 nitrogen and oxygen atoms in total. The van der Waals surface area contributed by atoms with Gasteiger partial charge in [-0.05, 0) is 39.0 Å². The largest absolute Gasteiger partial charge is 0.390 e. The van der Waals surface area contributed by atoms with Gasteiger partial charge in [0.25, 0.3) is 0 Å². The summed E-state index contributed by atoms with van der Waals surface area (Å²) in [6.07, 6.45) is 20.0. The lowest BCUT2D eigenvalue weighted by Crippen LogP contribution is -2.23. The molecule has 150 valence electrons. The molecule has 26 heavy (non-hydrogen) atoms. The Morgan fingerprint density at radius 3 is 2.27 bits per heavy atom. The molecule has 0 spiro atoms. The van der Waals surface area contributed by atoms with Gasteiger partial charge in [0.2, 0.25) is 0 Å². The lowest BCUT2D eigenvalue weighted by Gasteiger charge is -2.13. The Labute approximate surface area is 160 Å². The molecule has 0 aliphatic carbocycles. The summed E-state index contributed by atoms with van der Waals surface area (Å²) in [5, 5.41) is 29.6. The number of aliphatic hydroxyl groups excluding tert-OH is 3. The highest BCUT2D eigenvalue weighted by atomic mass is 16.3. The van der Waals surface area contributed by atoms with Gasteiger partial charge in [0.1, 0.15) is 0 Å². The van der Waals surface area contributed by atoms with E-state index in [9.17, 15) is 15.3 Å². The van der Waals surface area contributed by atoms with Crippen LogP contribution in [0.2, 0.25) is 0 Å². The molecule has 0 aromatic heterocycles. The van der Waals surface area contributed by atoms with E-state index in [4.69, 9.17) is 0 Å².